The number of aromatic nitrogens is 1. The van der Waals surface area contributed by atoms with Crippen molar-refractivity contribution in [3.05, 3.63) is 22.9 Å². The van der Waals surface area contributed by atoms with E-state index in [1.54, 1.807) is 0 Å². The molecule has 0 aliphatic carbocycles. The molecule has 2 heterocycles. The van der Waals surface area contributed by atoms with Gasteiger partial charge in [0, 0.05) is 31.5 Å². The van der Waals surface area contributed by atoms with Crippen LogP contribution in [0.3, 0.4) is 0 Å². The Kier molecular flexibility index (Phi) is 4.18. The number of nitrogens with zero attached hydrogens (tertiary/aromatic N) is 2. The van der Waals surface area contributed by atoms with Crippen molar-refractivity contribution < 1.29 is 0 Å². The van der Waals surface area contributed by atoms with Crippen LogP contribution in [0, 0.1) is 0 Å². The van der Waals surface area contributed by atoms with Crippen molar-refractivity contribution in [1.29, 1.82) is 0 Å². The lowest BCUT2D eigenvalue weighted by molar-refractivity contribution is 0.586. The van der Waals surface area contributed by atoms with E-state index in [-0.39, 0.29) is 0 Å². The molecule has 1 aromatic rings. The fourth-order valence-electron chi connectivity index (χ4n) is 2.20. The summed E-state index contributed by atoms with van der Waals surface area (Å²) in [4.78, 5) is 6.50. The summed E-state index contributed by atoms with van der Waals surface area (Å²) in [6.07, 6.45) is 6.31. The summed E-state index contributed by atoms with van der Waals surface area (Å²) >= 11 is 3.56. The summed E-state index contributed by atoms with van der Waals surface area (Å²) in [6, 6.07) is 2.71. The molecule has 0 bridgehead atoms. The predicted octanol–water partition coefficient (Wildman–Crippen LogP) is 2.42. The first-order valence-electron chi connectivity index (χ1n) is 5.89. The Hall–Kier alpha value is -0.610. The fourth-order valence-corrected chi connectivity index (χ4v) is 2.70. The van der Waals surface area contributed by atoms with E-state index in [0.29, 0.717) is 6.04 Å². The van der Waals surface area contributed by atoms with E-state index < -0.39 is 0 Å². The summed E-state index contributed by atoms with van der Waals surface area (Å²) in [7, 11) is 0. The molecule has 88 valence electrons. The Balaban J connectivity index is 2.06. The molecule has 1 N–H and O–H groups in total. The highest BCUT2D eigenvalue weighted by atomic mass is 79.9. The molecule has 2 rings (SSSR count). The predicted molar refractivity (Wildman–Crippen MR) is 70.8 cm³/mol. The van der Waals surface area contributed by atoms with Crippen LogP contribution in [-0.4, -0.2) is 30.7 Å². The highest BCUT2D eigenvalue weighted by Crippen LogP contribution is 2.25. The molecule has 1 atom stereocenters. The summed E-state index contributed by atoms with van der Waals surface area (Å²) in [6.45, 7) is 5.47. The van der Waals surface area contributed by atoms with Crippen LogP contribution in [0.15, 0.2) is 22.9 Å². The third kappa shape index (κ3) is 2.74. The smallest absolute Gasteiger partial charge is 0.0592 e. The van der Waals surface area contributed by atoms with Gasteiger partial charge in [0.15, 0.2) is 0 Å². The molecule has 1 aliphatic heterocycles. The molecule has 16 heavy (non-hydrogen) atoms. The van der Waals surface area contributed by atoms with Gasteiger partial charge < -0.3 is 10.2 Å². The molecule has 1 saturated heterocycles. The first-order chi connectivity index (χ1) is 7.81. The third-order valence-electron chi connectivity index (χ3n) is 3.08. The van der Waals surface area contributed by atoms with Crippen molar-refractivity contribution in [3.63, 3.8) is 0 Å². The van der Waals surface area contributed by atoms with Crippen LogP contribution in [-0.2, 0) is 0 Å². The molecule has 1 fully saturated rings. The van der Waals surface area contributed by atoms with Crippen LogP contribution in [0.4, 0.5) is 5.69 Å². The van der Waals surface area contributed by atoms with Gasteiger partial charge in [0.1, 0.15) is 0 Å². The van der Waals surface area contributed by atoms with Gasteiger partial charge in [-0.3, -0.25) is 4.98 Å². The minimum atomic E-state index is 0.639. The molecular formula is C12H18BrN3. The molecule has 1 aromatic heterocycles. The highest BCUT2D eigenvalue weighted by Gasteiger charge is 2.18. The Morgan fingerprint density at radius 3 is 3.12 bits per heavy atom. The normalized spacial score (nSPS) is 20.0. The third-order valence-corrected chi connectivity index (χ3v) is 3.69. The Bertz CT molecular complexity index is 337. The topological polar surface area (TPSA) is 28.2 Å². The minimum absolute atomic E-state index is 0.639. The number of hydrogen-bond acceptors (Lipinski definition) is 3. The molecule has 1 aliphatic rings. The van der Waals surface area contributed by atoms with Crippen LogP contribution in [0.2, 0.25) is 0 Å². The van der Waals surface area contributed by atoms with Gasteiger partial charge in [0.2, 0.25) is 0 Å². The summed E-state index contributed by atoms with van der Waals surface area (Å²) in [5.74, 6) is 0. The van der Waals surface area contributed by atoms with E-state index >= 15 is 0 Å². The zero-order valence-corrected chi connectivity index (χ0v) is 11.2. The molecule has 0 spiro atoms. The molecule has 0 saturated carbocycles. The fraction of sp³-hybridized carbons (Fsp3) is 0.583. The van der Waals surface area contributed by atoms with Gasteiger partial charge in [0.05, 0.1) is 10.2 Å². The van der Waals surface area contributed by atoms with Crippen LogP contribution < -0.4 is 10.2 Å². The van der Waals surface area contributed by atoms with Crippen LogP contribution in [0.5, 0.6) is 0 Å². The zero-order chi connectivity index (χ0) is 11.4. The van der Waals surface area contributed by atoms with Gasteiger partial charge in [-0.25, -0.2) is 0 Å². The van der Waals surface area contributed by atoms with E-state index in [0.717, 1.165) is 17.6 Å². The lowest BCUT2D eigenvalue weighted by Gasteiger charge is -2.27. The molecule has 3 nitrogen and oxygen atoms in total. The summed E-state index contributed by atoms with van der Waals surface area (Å²) in [5, 5.41) is 3.54. The maximum atomic E-state index is 4.10. The molecular weight excluding hydrogens is 266 g/mol. The molecule has 4 heteroatoms. The molecule has 0 amide bonds. The number of halogens is 1. The monoisotopic (exact) mass is 283 g/mol. The number of rotatable bonds is 4. The summed E-state index contributed by atoms with van der Waals surface area (Å²) < 4.78 is 1.08. The SMILES string of the molecule is CCN(CC1CCCN1)c1ccncc1Br. The second-order valence-electron chi connectivity index (χ2n) is 4.16. The van der Waals surface area contributed by atoms with Gasteiger partial charge in [-0.05, 0) is 48.3 Å². The maximum Gasteiger partial charge on any atom is 0.0592 e. The number of anilines is 1. The molecule has 1 unspecified atom stereocenters. The molecule has 0 aromatic carbocycles. The number of pyridine rings is 1. The van der Waals surface area contributed by atoms with Gasteiger partial charge >= 0.3 is 0 Å². The number of nitrogens with one attached hydrogen (secondary N) is 1. The van der Waals surface area contributed by atoms with Gasteiger partial charge in [-0.15, -0.1) is 0 Å². The zero-order valence-electron chi connectivity index (χ0n) is 9.62. The second kappa shape index (κ2) is 5.64. The quantitative estimate of drug-likeness (QED) is 0.920. The minimum Gasteiger partial charge on any atom is -0.369 e. The van der Waals surface area contributed by atoms with Crippen LogP contribution in [0.25, 0.3) is 0 Å². The van der Waals surface area contributed by atoms with Gasteiger partial charge in [-0.2, -0.15) is 0 Å². The standard InChI is InChI=1S/C12H18BrN3/c1-2-16(9-10-4-3-6-15-10)12-5-7-14-8-11(12)13/h5,7-8,10,15H,2-4,6,9H2,1H3. The van der Waals surface area contributed by atoms with E-state index in [2.05, 4.69) is 44.1 Å². The van der Waals surface area contributed by atoms with Gasteiger partial charge in [-0.1, -0.05) is 0 Å². The summed E-state index contributed by atoms with van der Waals surface area (Å²) in [5.41, 5.74) is 1.24. The van der Waals surface area contributed by atoms with Crippen molar-refractivity contribution in [2.24, 2.45) is 0 Å². The van der Waals surface area contributed by atoms with E-state index in [9.17, 15) is 0 Å². The lowest BCUT2D eigenvalue weighted by atomic mass is 10.2. The van der Waals surface area contributed by atoms with Crippen molar-refractivity contribution >= 4 is 21.6 Å². The van der Waals surface area contributed by atoms with E-state index in [1.165, 1.54) is 25.1 Å². The first-order valence-corrected chi connectivity index (χ1v) is 6.68. The van der Waals surface area contributed by atoms with E-state index in [4.69, 9.17) is 0 Å². The number of hydrogen-bond donors (Lipinski definition) is 1. The molecule has 0 radical (unpaired) electrons. The maximum absolute atomic E-state index is 4.10. The van der Waals surface area contributed by atoms with Crippen molar-refractivity contribution in [2.45, 2.75) is 25.8 Å². The Morgan fingerprint density at radius 1 is 1.62 bits per heavy atom. The van der Waals surface area contributed by atoms with E-state index in [1.807, 2.05) is 12.4 Å². The van der Waals surface area contributed by atoms with Gasteiger partial charge in [0.25, 0.3) is 0 Å². The van der Waals surface area contributed by atoms with Crippen molar-refractivity contribution in [2.75, 3.05) is 24.5 Å². The second-order valence-corrected chi connectivity index (χ2v) is 5.01. The van der Waals surface area contributed by atoms with Crippen molar-refractivity contribution in [3.8, 4) is 0 Å². The highest BCUT2D eigenvalue weighted by molar-refractivity contribution is 9.10. The average molecular weight is 284 g/mol. The Labute approximate surface area is 105 Å². The Morgan fingerprint density at radius 2 is 2.50 bits per heavy atom. The van der Waals surface area contributed by atoms with Crippen molar-refractivity contribution in [1.82, 2.24) is 10.3 Å². The largest absolute Gasteiger partial charge is 0.369 e. The van der Waals surface area contributed by atoms with Crippen LogP contribution in [0.1, 0.15) is 19.8 Å². The average Bonchev–Trinajstić information content (AvgIpc) is 2.80. The number of likely N-dealkylation sites (N-methyl/N-ethyl adjacent to an activating group) is 1. The first kappa shape index (κ1) is 11.9. The van der Waals surface area contributed by atoms with Crippen LogP contribution >= 0.6 is 15.9 Å². The lowest BCUT2D eigenvalue weighted by Crippen LogP contribution is -2.37.